The number of nitrogens with two attached hydrogens (primary N) is 2. The fraction of sp³-hybridized carbons (Fsp3) is 0.100. The molecule has 0 unspecified atom stereocenters. The minimum absolute atomic E-state index is 0.217. The van der Waals surface area contributed by atoms with E-state index < -0.39 is 0 Å². The van der Waals surface area contributed by atoms with Crippen LogP contribution in [0.15, 0.2) is 47.1 Å². The monoisotopic (exact) mass is 191 g/mol. The number of rotatable bonds is 3. The molecule has 1 aromatic carbocycles. The number of hydrogen-bond donors (Lipinski definition) is 3. The SMILES string of the molecule is NC(=CC(N)=Nc1ccccc1)CO. The van der Waals surface area contributed by atoms with Gasteiger partial charge in [-0.3, -0.25) is 0 Å². The Bertz CT molecular complexity index is 344. The molecule has 0 saturated carbocycles. The van der Waals surface area contributed by atoms with Crippen LogP contribution in [0.4, 0.5) is 5.69 Å². The van der Waals surface area contributed by atoms with Crippen LogP contribution in [0.5, 0.6) is 0 Å². The molecule has 0 aromatic heterocycles. The molecular formula is C10H13N3O. The second-order valence-electron chi connectivity index (χ2n) is 2.75. The molecule has 1 aromatic rings. The quantitative estimate of drug-likeness (QED) is 0.480. The van der Waals surface area contributed by atoms with E-state index in [2.05, 4.69) is 4.99 Å². The van der Waals surface area contributed by atoms with Gasteiger partial charge in [-0.15, -0.1) is 0 Å². The maximum absolute atomic E-state index is 8.65. The van der Waals surface area contributed by atoms with Crippen molar-refractivity contribution in [3.8, 4) is 0 Å². The van der Waals surface area contributed by atoms with Crippen LogP contribution in [0.25, 0.3) is 0 Å². The molecule has 0 aliphatic rings. The summed E-state index contributed by atoms with van der Waals surface area (Å²) in [6.07, 6.45) is 1.44. The lowest BCUT2D eigenvalue weighted by atomic mass is 10.3. The van der Waals surface area contributed by atoms with Gasteiger partial charge >= 0.3 is 0 Å². The lowest BCUT2D eigenvalue weighted by molar-refractivity contribution is 0.330. The molecule has 4 heteroatoms. The van der Waals surface area contributed by atoms with E-state index in [0.717, 1.165) is 5.69 Å². The molecule has 0 saturated heterocycles. The molecular weight excluding hydrogens is 178 g/mol. The lowest BCUT2D eigenvalue weighted by Crippen LogP contribution is -2.12. The summed E-state index contributed by atoms with van der Waals surface area (Å²) in [5.74, 6) is 0.280. The molecule has 14 heavy (non-hydrogen) atoms. The Balaban J connectivity index is 2.79. The van der Waals surface area contributed by atoms with Crippen LogP contribution in [0.3, 0.4) is 0 Å². The van der Waals surface area contributed by atoms with Crippen molar-refractivity contribution in [1.29, 1.82) is 0 Å². The maximum atomic E-state index is 8.65. The normalized spacial score (nSPS) is 12.9. The molecule has 0 bridgehead atoms. The van der Waals surface area contributed by atoms with Gasteiger partial charge in [-0.25, -0.2) is 4.99 Å². The predicted octanol–water partition coefficient (Wildman–Crippen LogP) is 0.510. The molecule has 0 aliphatic heterocycles. The van der Waals surface area contributed by atoms with Crippen molar-refractivity contribution in [3.63, 3.8) is 0 Å². The first-order valence-corrected chi connectivity index (χ1v) is 4.18. The Morgan fingerprint density at radius 2 is 1.93 bits per heavy atom. The zero-order valence-electron chi connectivity index (χ0n) is 7.72. The number of para-hydroxylation sites is 1. The van der Waals surface area contributed by atoms with Gasteiger partial charge < -0.3 is 16.6 Å². The first-order chi connectivity index (χ1) is 6.72. The van der Waals surface area contributed by atoms with Crippen molar-refractivity contribution in [2.45, 2.75) is 0 Å². The fourth-order valence-electron chi connectivity index (χ4n) is 0.919. The number of benzene rings is 1. The zero-order valence-corrected chi connectivity index (χ0v) is 7.72. The summed E-state index contributed by atoms with van der Waals surface area (Å²) in [4.78, 5) is 4.07. The zero-order chi connectivity index (χ0) is 10.4. The summed E-state index contributed by atoms with van der Waals surface area (Å²) in [6, 6.07) is 9.29. The third-order valence-electron chi connectivity index (χ3n) is 1.53. The van der Waals surface area contributed by atoms with E-state index in [1.165, 1.54) is 6.08 Å². The van der Waals surface area contributed by atoms with Gasteiger partial charge in [0.15, 0.2) is 0 Å². The van der Waals surface area contributed by atoms with Crippen molar-refractivity contribution in [2.24, 2.45) is 16.5 Å². The minimum Gasteiger partial charge on any atom is -0.400 e. The van der Waals surface area contributed by atoms with Crippen LogP contribution < -0.4 is 11.5 Å². The molecule has 5 N–H and O–H groups in total. The maximum Gasteiger partial charge on any atom is 0.125 e. The van der Waals surface area contributed by atoms with Gasteiger partial charge in [0, 0.05) is 11.8 Å². The van der Waals surface area contributed by atoms with Gasteiger partial charge in [-0.05, 0) is 12.1 Å². The van der Waals surface area contributed by atoms with Gasteiger partial charge in [0.1, 0.15) is 5.84 Å². The summed E-state index contributed by atoms with van der Waals surface area (Å²) in [5, 5.41) is 8.65. The summed E-state index contributed by atoms with van der Waals surface area (Å²) in [6.45, 7) is -0.217. The summed E-state index contributed by atoms with van der Waals surface area (Å²) >= 11 is 0. The van der Waals surface area contributed by atoms with Gasteiger partial charge in [0.25, 0.3) is 0 Å². The summed E-state index contributed by atoms with van der Waals surface area (Å²) in [5.41, 5.74) is 12.0. The summed E-state index contributed by atoms with van der Waals surface area (Å²) in [7, 11) is 0. The predicted molar refractivity (Wildman–Crippen MR) is 57.1 cm³/mol. The van der Waals surface area contributed by atoms with E-state index in [0.29, 0.717) is 5.70 Å². The van der Waals surface area contributed by atoms with Gasteiger partial charge in [0.05, 0.1) is 12.3 Å². The van der Waals surface area contributed by atoms with Crippen molar-refractivity contribution < 1.29 is 5.11 Å². The molecule has 0 spiro atoms. The van der Waals surface area contributed by atoms with Crippen LogP contribution in [0.2, 0.25) is 0 Å². The van der Waals surface area contributed by atoms with Crippen molar-refractivity contribution >= 4 is 11.5 Å². The number of aliphatic hydroxyl groups is 1. The Labute approximate surface area is 82.6 Å². The third-order valence-corrected chi connectivity index (χ3v) is 1.53. The number of nitrogens with zero attached hydrogens (tertiary/aromatic N) is 1. The van der Waals surface area contributed by atoms with Crippen molar-refractivity contribution in [1.82, 2.24) is 0 Å². The number of amidine groups is 1. The van der Waals surface area contributed by atoms with Crippen molar-refractivity contribution in [2.75, 3.05) is 6.61 Å². The number of aliphatic imine (C=N–C) groups is 1. The van der Waals surface area contributed by atoms with Crippen LogP contribution in [0.1, 0.15) is 0 Å². The first-order valence-electron chi connectivity index (χ1n) is 4.18. The first kappa shape index (κ1) is 10.3. The smallest absolute Gasteiger partial charge is 0.125 e. The highest BCUT2D eigenvalue weighted by Gasteiger charge is 1.91. The highest BCUT2D eigenvalue weighted by Crippen LogP contribution is 2.09. The largest absolute Gasteiger partial charge is 0.400 e. The molecule has 0 fully saturated rings. The lowest BCUT2D eigenvalue weighted by Gasteiger charge is -1.96. The fourth-order valence-corrected chi connectivity index (χ4v) is 0.919. The van der Waals surface area contributed by atoms with Gasteiger partial charge in [-0.1, -0.05) is 18.2 Å². The molecule has 0 amide bonds. The number of hydrogen-bond acceptors (Lipinski definition) is 3. The molecule has 0 radical (unpaired) electrons. The van der Waals surface area contributed by atoms with Crippen LogP contribution >= 0.6 is 0 Å². The molecule has 4 nitrogen and oxygen atoms in total. The molecule has 74 valence electrons. The standard InChI is InChI=1S/C10H13N3O/c11-8(7-14)6-10(12)13-9-4-2-1-3-5-9/h1-6,14H,7,11H2,(H2,12,13). The minimum atomic E-state index is -0.217. The molecule has 0 atom stereocenters. The molecule has 0 heterocycles. The van der Waals surface area contributed by atoms with E-state index >= 15 is 0 Å². The molecule has 0 aliphatic carbocycles. The van der Waals surface area contributed by atoms with E-state index in [1.807, 2.05) is 30.3 Å². The Morgan fingerprint density at radius 3 is 2.50 bits per heavy atom. The van der Waals surface area contributed by atoms with Gasteiger partial charge in [0.2, 0.25) is 0 Å². The van der Waals surface area contributed by atoms with E-state index in [9.17, 15) is 0 Å². The van der Waals surface area contributed by atoms with Crippen LogP contribution in [-0.2, 0) is 0 Å². The van der Waals surface area contributed by atoms with Crippen LogP contribution in [-0.4, -0.2) is 17.5 Å². The average molecular weight is 191 g/mol. The topological polar surface area (TPSA) is 84.6 Å². The van der Waals surface area contributed by atoms with E-state index in [4.69, 9.17) is 16.6 Å². The second kappa shape index (κ2) is 5.04. The molecule has 1 rings (SSSR count). The van der Waals surface area contributed by atoms with E-state index in [-0.39, 0.29) is 12.4 Å². The Kier molecular flexibility index (Phi) is 3.69. The highest BCUT2D eigenvalue weighted by molar-refractivity contribution is 5.93. The Morgan fingerprint density at radius 1 is 1.29 bits per heavy atom. The van der Waals surface area contributed by atoms with Crippen molar-refractivity contribution in [3.05, 3.63) is 42.1 Å². The van der Waals surface area contributed by atoms with E-state index in [1.54, 1.807) is 0 Å². The Hall–Kier alpha value is -1.81. The second-order valence-corrected chi connectivity index (χ2v) is 2.75. The van der Waals surface area contributed by atoms with Crippen LogP contribution in [0, 0.1) is 0 Å². The summed E-state index contributed by atoms with van der Waals surface area (Å²) < 4.78 is 0. The highest BCUT2D eigenvalue weighted by atomic mass is 16.3. The third kappa shape index (κ3) is 3.28. The average Bonchev–Trinajstić information content (AvgIpc) is 2.19. The number of aliphatic hydroxyl groups excluding tert-OH is 1. The van der Waals surface area contributed by atoms with Gasteiger partial charge in [-0.2, -0.15) is 0 Å².